The minimum Gasteiger partial charge on any atom is -0.481 e. The molecular formula is C13H22N2O3. The Bertz CT molecular complexity index is 331. The summed E-state index contributed by atoms with van der Waals surface area (Å²) in [6, 6.07) is 0.0679. The van der Waals surface area contributed by atoms with Crippen molar-refractivity contribution >= 4 is 12.0 Å². The Kier molecular flexibility index (Phi) is 3.78. The highest BCUT2D eigenvalue weighted by Crippen LogP contribution is 2.33. The maximum Gasteiger partial charge on any atom is 0.315 e. The molecule has 0 bridgehead atoms. The van der Waals surface area contributed by atoms with E-state index in [0.717, 1.165) is 38.5 Å². The van der Waals surface area contributed by atoms with Gasteiger partial charge in [0.1, 0.15) is 0 Å². The summed E-state index contributed by atoms with van der Waals surface area (Å²) in [7, 11) is 0. The van der Waals surface area contributed by atoms with Crippen molar-refractivity contribution in [1.29, 1.82) is 0 Å². The molecule has 0 unspecified atom stereocenters. The minimum atomic E-state index is -0.838. The number of carbonyl (C=O) groups excluding carboxylic acids is 1. The molecule has 2 aliphatic carbocycles. The van der Waals surface area contributed by atoms with Crippen LogP contribution in [0.2, 0.25) is 0 Å². The first-order valence-corrected chi connectivity index (χ1v) is 6.80. The molecule has 0 aromatic carbocycles. The Morgan fingerprint density at radius 2 is 1.89 bits per heavy atom. The number of carbonyl (C=O) groups is 2. The molecule has 5 heteroatoms. The van der Waals surface area contributed by atoms with Crippen LogP contribution in [0.1, 0.15) is 51.9 Å². The fourth-order valence-electron chi connectivity index (χ4n) is 3.17. The lowest BCUT2D eigenvalue weighted by Crippen LogP contribution is -2.55. The van der Waals surface area contributed by atoms with E-state index < -0.39 is 11.5 Å². The number of hydrogen-bond acceptors (Lipinski definition) is 2. The summed E-state index contributed by atoms with van der Waals surface area (Å²) in [5.41, 5.74) is -0.523. The van der Waals surface area contributed by atoms with Crippen molar-refractivity contribution < 1.29 is 14.7 Å². The third-order valence-electron chi connectivity index (χ3n) is 4.14. The van der Waals surface area contributed by atoms with E-state index in [0.29, 0.717) is 5.92 Å². The van der Waals surface area contributed by atoms with Gasteiger partial charge in [-0.1, -0.05) is 19.8 Å². The lowest BCUT2D eigenvalue weighted by molar-refractivity contribution is -0.138. The molecule has 2 fully saturated rings. The Balaban J connectivity index is 1.84. The van der Waals surface area contributed by atoms with Crippen LogP contribution in [0, 0.1) is 5.92 Å². The molecular weight excluding hydrogens is 232 g/mol. The number of urea groups is 1. The summed E-state index contributed by atoms with van der Waals surface area (Å²) in [5.74, 6) is -0.149. The van der Waals surface area contributed by atoms with Crippen LogP contribution in [0.3, 0.4) is 0 Å². The molecule has 18 heavy (non-hydrogen) atoms. The van der Waals surface area contributed by atoms with Gasteiger partial charge < -0.3 is 15.7 Å². The Morgan fingerprint density at radius 1 is 1.28 bits per heavy atom. The molecule has 2 saturated carbocycles. The van der Waals surface area contributed by atoms with Gasteiger partial charge in [0.2, 0.25) is 0 Å². The average molecular weight is 254 g/mol. The van der Waals surface area contributed by atoms with Crippen molar-refractivity contribution in [3.8, 4) is 0 Å². The first kappa shape index (κ1) is 13.2. The molecule has 0 aliphatic heterocycles. The second kappa shape index (κ2) is 5.16. The Labute approximate surface area is 107 Å². The van der Waals surface area contributed by atoms with Crippen LogP contribution in [-0.2, 0) is 4.79 Å². The van der Waals surface area contributed by atoms with E-state index in [1.165, 1.54) is 0 Å². The normalized spacial score (nSPS) is 29.4. The van der Waals surface area contributed by atoms with E-state index in [1.807, 2.05) is 0 Å². The van der Waals surface area contributed by atoms with E-state index in [-0.39, 0.29) is 18.5 Å². The zero-order valence-electron chi connectivity index (χ0n) is 10.9. The lowest BCUT2D eigenvalue weighted by atomic mass is 9.82. The van der Waals surface area contributed by atoms with Crippen LogP contribution < -0.4 is 10.6 Å². The highest BCUT2D eigenvalue weighted by molar-refractivity contribution is 5.77. The predicted octanol–water partition coefficient (Wildman–Crippen LogP) is 1.87. The molecule has 2 rings (SSSR count). The van der Waals surface area contributed by atoms with Gasteiger partial charge in [0.25, 0.3) is 0 Å². The number of carboxylic acid groups (broad SMARTS) is 1. The number of rotatable bonds is 4. The van der Waals surface area contributed by atoms with E-state index in [4.69, 9.17) is 5.11 Å². The number of aliphatic carboxylic acids is 1. The molecule has 0 saturated heterocycles. The second-order valence-electron chi connectivity index (χ2n) is 5.93. The molecule has 3 N–H and O–H groups in total. The van der Waals surface area contributed by atoms with Crippen LogP contribution in [0.5, 0.6) is 0 Å². The summed E-state index contributed by atoms with van der Waals surface area (Å²) in [6.45, 7) is 2.17. The number of carboxylic acids is 1. The fourth-order valence-corrected chi connectivity index (χ4v) is 3.17. The molecule has 2 aliphatic rings. The zero-order chi connectivity index (χ0) is 13.2. The van der Waals surface area contributed by atoms with Crippen molar-refractivity contribution in [3.63, 3.8) is 0 Å². The summed E-state index contributed by atoms with van der Waals surface area (Å²) < 4.78 is 0. The molecule has 0 atom stereocenters. The van der Waals surface area contributed by atoms with Crippen LogP contribution in [0.15, 0.2) is 0 Å². The smallest absolute Gasteiger partial charge is 0.315 e. The van der Waals surface area contributed by atoms with Crippen molar-refractivity contribution in [2.24, 2.45) is 5.92 Å². The van der Waals surface area contributed by atoms with E-state index >= 15 is 0 Å². The lowest BCUT2D eigenvalue weighted by Gasteiger charge is -2.35. The van der Waals surface area contributed by atoms with Crippen molar-refractivity contribution in [2.45, 2.75) is 63.5 Å². The molecule has 102 valence electrons. The Hall–Kier alpha value is -1.26. The third kappa shape index (κ3) is 3.15. The van der Waals surface area contributed by atoms with Crippen LogP contribution in [0.4, 0.5) is 4.79 Å². The van der Waals surface area contributed by atoms with Crippen LogP contribution in [0.25, 0.3) is 0 Å². The summed E-state index contributed by atoms with van der Waals surface area (Å²) in [5, 5.41) is 14.8. The number of amides is 2. The van der Waals surface area contributed by atoms with Crippen LogP contribution in [-0.4, -0.2) is 28.7 Å². The van der Waals surface area contributed by atoms with Crippen molar-refractivity contribution in [2.75, 3.05) is 0 Å². The van der Waals surface area contributed by atoms with Gasteiger partial charge in [-0.15, -0.1) is 0 Å². The highest BCUT2D eigenvalue weighted by Gasteiger charge is 2.38. The largest absolute Gasteiger partial charge is 0.481 e. The number of nitrogens with one attached hydrogen (secondary N) is 2. The molecule has 0 aromatic rings. The first-order chi connectivity index (χ1) is 8.49. The van der Waals surface area contributed by atoms with Gasteiger partial charge in [-0.3, -0.25) is 4.79 Å². The molecule has 0 aromatic heterocycles. The van der Waals surface area contributed by atoms with Gasteiger partial charge in [0.05, 0.1) is 12.0 Å². The molecule has 0 radical (unpaired) electrons. The summed E-state index contributed by atoms with van der Waals surface area (Å²) in [6.07, 6.45) is 5.61. The van der Waals surface area contributed by atoms with Crippen molar-refractivity contribution in [1.82, 2.24) is 10.6 Å². The number of hydrogen-bond donors (Lipinski definition) is 3. The highest BCUT2D eigenvalue weighted by atomic mass is 16.4. The van der Waals surface area contributed by atoms with Gasteiger partial charge in [-0.05, 0) is 31.6 Å². The molecule has 0 spiro atoms. The zero-order valence-corrected chi connectivity index (χ0v) is 10.9. The topological polar surface area (TPSA) is 78.4 Å². The maximum atomic E-state index is 11.9. The third-order valence-corrected chi connectivity index (χ3v) is 4.14. The maximum absolute atomic E-state index is 11.9. The van der Waals surface area contributed by atoms with Gasteiger partial charge in [0, 0.05) is 6.04 Å². The summed E-state index contributed by atoms with van der Waals surface area (Å²) in [4.78, 5) is 22.8. The van der Waals surface area contributed by atoms with E-state index in [9.17, 15) is 9.59 Å². The van der Waals surface area contributed by atoms with Gasteiger partial charge in [-0.25, -0.2) is 4.79 Å². The standard InChI is InChI=1S/C13H22N2O3/c1-9-6-10(7-9)14-12(18)15-13(8-11(16)17)4-2-3-5-13/h9-10H,2-8H2,1H3,(H,16,17)(H2,14,15,18). The molecule has 5 nitrogen and oxygen atoms in total. The molecule has 0 heterocycles. The van der Waals surface area contributed by atoms with Crippen LogP contribution >= 0.6 is 0 Å². The fraction of sp³-hybridized carbons (Fsp3) is 0.846. The van der Waals surface area contributed by atoms with Crippen molar-refractivity contribution in [3.05, 3.63) is 0 Å². The minimum absolute atomic E-state index is 0.0293. The van der Waals surface area contributed by atoms with Gasteiger partial charge in [-0.2, -0.15) is 0 Å². The molecule has 2 amide bonds. The SMILES string of the molecule is CC1CC(NC(=O)NC2(CC(=O)O)CCCC2)C1. The van der Waals surface area contributed by atoms with Gasteiger partial charge >= 0.3 is 12.0 Å². The Morgan fingerprint density at radius 3 is 2.39 bits per heavy atom. The first-order valence-electron chi connectivity index (χ1n) is 6.80. The van der Waals surface area contributed by atoms with Gasteiger partial charge in [0.15, 0.2) is 0 Å². The quantitative estimate of drug-likeness (QED) is 0.716. The van der Waals surface area contributed by atoms with E-state index in [2.05, 4.69) is 17.6 Å². The predicted molar refractivity (Wildman–Crippen MR) is 67.3 cm³/mol. The second-order valence-corrected chi connectivity index (χ2v) is 5.93. The summed E-state index contributed by atoms with van der Waals surface area (Å²) >= 11 is 0. The van der Waals surface area contributed by atoms with E-state index in [1.54, 1.807) is 0 Å². The monoisotopic (exact) mass is 254 g/mol. The average Bonchev–Trinajstić information content (AvgIpc) is 2.62.